The number of rotatable bonds is 3. The van der Waals surface area contributed by atoms with Gasteiger partial charge in [0.25, 0.3) is 0 Å². The van der Waals surface area contributed by atoms with E-state index in [1.807, 2.05) is 30.3 Å². The van der Waals surface area contributed by atoms with Gasteiger partial charge in [0.15, 0.2) is 12.0 Å². The molecule has 1 saturated carbocycles. The quantitative estimate of drug-likeness (QED) is 0.873. The lowest BCUT2D eigenvalue weighted by Crippen LogP contribution is -2.07. The standard InChI is InChI=1S/C15H13FN4S/c16-11-7-12(9-4-2-1-3-5-9)20-14(11)18-15(19-20)21-13-6-10(13)8-17/h1-5,10-13H,6-7H2/t10?,11-,12-,13?/m0/s1. The number of alkyl halides is 1. The Balaban J connectivity index is 1.61. The van der Waals surface area contributed by atoms with Gasteiger partial charge in [-0.05, 0) is 12.0 Å². The van der Waals surface area contributed by atoms with Crippen LogP contribution < -0.4 is 0 Å². The summed E-state index contributed by atoms with van der Waals surface area (Å²) in [5, 5.41) is 14.2. The smallest absolute Gasteiger partial charge is 0.209 e. The van der Waals surface area contributed by atoms with Gasteiger partial charge in [0.05, 0.1) is 18.0 Å². The number of hydrogen-bond acceptors (Lipinski definition) is 4. The molecule has 21 heavy (non-hydrogen) atoms. The van der Waals surface area contributed by atoms with Crippen molar-refractivity contribution in [3.8, 4) is 6.07 Å². The highest BCUT2D eigenvalue weighted by molar-refractivity contribution is 8.00. The number of halogens is 1. The molecular weight excluding hydrogens is 287 g/mol. The third-order valence-electron chi connectivity index (χ3n) is 3.98. The summed E-state index contributed by atoms with van der Waals surface area (Å²) in [7, 11) is 0. The van der Waals surface area contributed by atoms with Crippen LogP contribution in [0.3, 0.4) is 0 Å². The predicted octanol–water partition coefficient (Wildman–Crippen LogP) is 3.29. The summed E-state index contributed by atoms with van der Waals surface area (Å²) in [4.78, 5) is 4.33. The van der Waals surface area contributed by atoms with Crippen LogP contribution in [0.4, 0.5) is 4.39 Å². The van der Waals surface area contributed by atoms with E-state index >= 15 is 0 Å². The summed E-state index contributed by atoms with van der Waals surface area (Å²) >= 11 is 1.49. The predicted molar refractivity (Wildman–Crippen MR) is 76.4 cm³/mol. The van der Waals surface area contributed by atoms with Crippen molar-refractivity contribution in [2.75, 3.05) is 0 Å². The molecular formula is C15H13FN4S. The fraction of sp³-hybridized carbons (Fsp3) is 0.400. The van der Waals surface area contributed by atoms with E-state index in [9.17, 15) is 4.39 Å². The SMILES string of the molecule is N#CC1CC1Sc1nc2n(n1)[C@H](c1ccccc1)C[C@@H]2F. The fourth-order valence-corrected chi connectivity index (χ4v) is 3.82. The van der Waals surface area contributed by atoms with Crippen LogP contribution in [0.15, 0.2) is 35.5 Å². The second kappa shape index (κ2) is 4.85. The highest BCUT2D eigenvalue weighted by atomic mass is 32.2. The average molecular weight is 300 g/mol. The molecule has 2 aromatic rings. The van der Waals surface area contributed by atoms with E-state index in [1.54, 1.807) is 4.68 Å². The van der Waals surface area contributed by atoms with Gasteiger partial charge in [-0.15, -0.1) is 5.10 Å². The molecule has 0 amide bonds. The van der Waals surface area contributed by atoms with E-state index in [2.05, 4.69) is 16.2 Å². The molecule has 4 nitrogen and oxygen atoms in total. The molecule has 1 aliphatic heterocycles. The first-order valence-electron chi connectivity index (χ1n) is 6.98. The van der Waals surface area contributed by atoms with E-state index in [0.717, 1.165) is 12.0 Å². The lowest BCUT2D eigenvalue weighted by atomic mass is 10.0. The zero-order valence-corrected chi connectivity index (χ0v) is 12.0. The van der Waals surface area contributed by atoms with Crippen LogP contribution in [-0.2, 0) is 0 Å². The highest BCUT2D eigenvalue weighted by Gasteiger charge is 2.41. The average Bonchev–Trinajstić information content (AvgIpc) is 3.01. The summed E-state index contributed by atoms with van der Waals surface area (Å²) in [6.45, 7) is 0. The van der Waals surface area contributed by atoms with E-state index < -0.39 is 6.17 Å². The van der Waals surface area contributed by atoms with Crippen molar-refractivity contribution in [1.82, 2.24) is 14.8 Å². The Morgan fingerprint density at radius 1 is 1.29 bits per heavy atom. The third kappa shape index (κ3) is 2.22. The summed E-state index contributed by atoms with van der Waals surface area (Å²) in [6.07, 6.45) is 0.212. The van der Waals surface area contributed by atoms with Crippen LogP contribution in [0.25, 0.3) is 0 Å². The summed E-state index contributed by atoms with van der Waals surface area (Å²) in [5.41, 5.74) is 1.06. The molecule has 0 saturated heterocycles. The van der Waals surface area contributed by atoms with Crippen molar-refractivity contribution < 1.29 is 4.39 Å². The molecule has 0 bridgehead atoms. The van der Waals surface area contributed by atoms with Gasteiger partial charge in [-0.3, -0.25) is 0 Å². The highest BCUT2D eigenvalue weighted by Crippen LogP contribution is 2.46. The number of aromatic nitrogens is 3. The van der Waals surface area contributed by atoms with E-state index in [0.29, 0.717) is 17.4 Å². The molecule has 0 N–H and O–H groups in total. The summed E-state index contributed by atoms with van der Waals surface area (Å²) < 4.78 is 15.9. The zero-order chi connectivity index (χ0) is 14.4. The van der Waals surface area contributed by atoms with E-state index in [4.69, 9.17) is 5.26 Å². The van der Waals surface area contributed by atoms with Crippen LogP contribution in [-0.4, -0.2) is 20.0 Å². The number of fused-ring (bicyclic) bond motifs is 1. The van der Waals surface area contributed by atoms with Gasteiger partial charge in [0.1, 0.15) is 0 Å². The van der Waals surface area contributed by atoms with Gasteiger partial charge in [-0.25, -0.2) is 14.1 Å². The van der Waals surface area contributed by atoms with Crippen LogP contribution in [0.5, 0.6) is 0 Å². The lowest BCUT2D eigenvalue weighted by molar-refractivity contribution is 0.327. The molecule has 2 unspecified atom stereocenters. The van der Waals surface area contributed by atoms with Gasteiger partial charge in [-0.2, -0.15) is 5.26 Å². The molecule has 1 aromatic carbocycles. The Hall–Kier alpha value is -1.87. The molecule has 0 radical (unpaired) electrons. The van der Waals surface area contributed by atoms with Crippen molar-refractivity contribution >= 4 is 11.8 Å². The van der Waals surface area contributed by atoms with Gasteiger partial charge in [0, 0.05) is 11.7 Å². The van der Waals surface area contributed by atoms with Crippen LogP contribution in [0.2, 0.25) is 0 Å². The van der Waals surface area contributed by atoms with Crippen molar-refractivity contribution in [3.63, 3.8) is 0 Å². The first-order chi connectivity index (χ1) is 10.3. The van der Waals surface area contributed by atoms with Crippen LogP contribution in [0.1, 0.15) is 36.4 Å². The first kappa shape index (κ1) is 12.8. The maximum Gasteiger partial charge on any atom is 0.209 e. The molecule has 6 heteroatoms. The van der Waals surface area contributed by atoms with Gasteiger partial charge in [-0.1, -0.05) is 42.1 Å². The van der Waals surface area contributed by atoms with Crippen molar-refractivity contribution in [3.05, 3.63) is 41.7 Å². The number of nitrogens with zero attached hydrogens (tertiary/aromatic N) is 4. The minimum atomic E-state index is -1.07. The van der Waals surface area contributed by atoms with E-state index in [-0.39, 0.29) is 17.2 Å². The second-order valence-corrected chi connectivity index (χ2v) is 6.66. The number of benzene rings is 1. The molecule has 1 aliphatic carbocycles. The second-order valence-electron chi connectivity index (χ2n) is 5.45. The monoisotopic (exact) mass is 300 g/mol. The maximum atomic E-state index is 14.2. The first-order valence-corrected chi connectivity index (χ1v) is 7.86. The molecule has 0 spiro atoms. The summed E-state index contributed by atoms with van der Waals surface area (Å²) in [5.74, 6) is 0.514. The zero-order valence-electron chi connectivity index (χ0n) is 11.2. The molecule has 2 aliphatic rings. The minimum absolute atomic E-state index is 0.0796. The van der Waals surface area contributed by atoms with Crippen LogP contribution in [0, 0.1) is 17.2 Å². The van der Waals surface area contributed by atoms with Crippen molar-refractivity contribution in [2.45, 2.75) is 35.5 Å². The third-order valence-corrected chi connectivity index (χ3v) is 5.19. The molecule has 4 atom stereocenters. The Bertz CT molecular complexity index is 708. The lowest BCUT2D eigenvalue weighted by Gasteiger charge is -2.11. The van der Waals surface area contributed by atoms with E-state index in [1.165, 1.54) is 11.8 Å². The Labute approximate surface area is 126 Å². The van der Waals surface area contributed by atoms with Crippen LogP contribution >= 0.6 is 11.8 Å². The number of hydrogen-bond donors (Lipinski definition) is 0. The molecule has 2 heterocycles. The fourth-order valence-electron chi connectivity index (χ4n) is 2.73. The normalized spacial score (nSPS) is 29.9. The van der Waals surface area contributed by atoms with Gasteiger partial charge < -0.3 is 0 Å². The molecule has 1 aromatic heterocycles. The van der Waals surface area contributed by atoms with Gasteiger partial charge in [0.2, 0.25) is 5.16 Å². The molecule has 1 fully saturated rings. The Morgan fingerprint density at radius 3 is 2.81 bits per heavy atom. The molecule has 4 rings (SSSR count). The van der Waals surface area contributed by atoms with Crippen molar-refractivity contribution in [1.29, 1.82) is 5.26 Å². The van der Waals surface area contributed by atoms with Crippen molar-refractivity contribution in [2.24, 2.45) is 5.92 Å². The molecule has 106 valence electrons. The maximum absolute atomic E-state index is 14.2. The Kier molecular flexibility index (Phi) is 2.96. The topological polar surface area (TPSA) is 54.5 Å². The largest absolute Gasteiger partial charge is 0.239 e. The minimum Gasteiger partial charge on any atom is -0.239 e. The summed E-state index contributed by atoms with van der Waals surface area (Å²) in [6, 6.07) is 12.0. The number of thioether (sulfide) groups is 1. The van der Waals surface area contributed by atoms with Gasteiger partial charge >= 0.3 is 0 Å². The number of nitriles is 1. The Morgan fingerprint density at radius 2 is 2.10 bits per heavy atom.